The van der Waals surface area contributed by atoms with E-state index in [4.69, 9.17) is 21.7 Å². The molecule has 2 rings (SSSR count). The van der Waals surface area contributed by atoms with E-state index in [9.17, 15) is 5.11 Å². The summed E-state index contributed by atoms with van der Waals surface area (Å²) in [5.41, 5.74) is 3.51. The van der Waals surface area contributed by atoms with Crippen LogP contribution in [0.1, 0.15) is 12.0 Å². The lowest BCUT2D eigenvalue weighted by Gasteiger charge is -2.26. The van der Waals surface area contributed by atoms with Gasteiger partial charge in [0.2, 0.25) is 0 Å². The number of ether oxygens (including phenoxy) is 2. The van der Waals surface area contributed by atoms with E-state index >= 15 is 0 Å². The quantitative estimate of drug-likeness (QED) is 0.291. The fourth-order valence-electron chi connectivity index (χ4n) is 2.32. The first-order valence-electron chi connectivity index (χ1n) is 7.93. The molecule has 0 aliphatic carbocycles. The van der Waals surface area contributed by atoms with Gasteiger partial charge in [-0.25, -0.2) is 0 Å². The minimum Gasteiger partial charge on any atom is -0.504 e. The van der Waals surface area contributed by atoms with Crippen molar-refractivity contribution in [2.24, 2.45) is 5.10 Å². The van der Waals surface area contributed by atoms with Crippen LogP contribution in [0, 0.1) is 0 Å². The van der Waals surface area contributed by atoms with Crippen molar-refractivity contribution in [1.82, 2.24) is 15.6 Å². The Labute approximate surface area is 147 Å². The van der Waals surface area contributed by atoms with Gasteiger partial charge in [-0.2, -0.15) is 5.10 Å². The van der Waals surface area contributed by atoms with Crippen LogP contribution in [0.15, 0.2) is 23.3 Å². The molecule has 1 fully saturated rings. The number of hydrogen-bond donors (Lipinski definition) is 3. The number of nitrogens with zero attached hydrogens (tertiary/aromatic N) is 2. The molecule has 0 saturated carbocycles. The lowest BCUT2D eigenvalue weighted by atomic mass is 10.2. The number of thiocarbonyl (C=S) groups is 1. The summed E-state index contributed by atoms with van der Waals surface area (Å²) in [4.78, 5) is 2.38. The number of phenols is 1. The molecule has 132 valence electrons. The second-order valence-corrected chi connectivity index (χ2v) is 5.77. The SMILES string of the molecule is COc1ccc(/C=N\NC(=S)NCCCN2CCOCC2)cc1O. The molecule has 1 aliphatic rings. The van der Waals surface area contributed by atoms with E-state index in [1.807, 2.05) is 0 Å². The molecule has 24 heavy (non-hydrogen) atoms. The minimum atomic E-state index is 0.0743. The van der Waals surface area contributed by atoms with Gasteiger partial charge in [0, 0.05) is 19.6 Å². The summed E-state index contributed by atoms with van der Waals surface area (Å²) in [7, 11) is 1.51. The van der Waals surface area contributed by atoms with Gasteiger partial charge in [-0.3, -0.25) is 10.3 Å². The highest BCUT2D eigenvalue weighted by molar-refractivity contribution is 7.80. The molecule has 0 amide bonds. The van der Waals surface area contributed by atoms with Gasteiger partial charge in [0.05, 0.1) is 26.5 Å². The molecule has 0 spiro atoms. The number of rotatable bonds is 7. The van der Waals surface area contributed by atoms with Crippen molar-refractivity contribution >= 4 is 23.5 Å². The molecule has 1 heterocycles. The van der Waals surface area contributed by atoms with Gasteiger partial charge in [-0.15, -0.1) is 0 Å². The highest BCUT2D eigenvalue weighted by atomic mass is 32.1. The van der Waals surface area contributed by atoms with E-state index in [0.717, 1.165) is 51.4 Å². The predicted octanol–water partition coefficient (Wildman–Crippen LogP) is 0.921. The fraction of sp³-hybridized carbons (Fsp3) is 0.500. The Morgan fingerprint density at radius 1 is 1.46 bits per heavy atom. The highest BCUT2D eigenvalue weighted by Gasteiger charge is 2.09. The third kappa shape index (κ3) is 6.31. The number of nitrogens with one attached hydrogen (secondary N) is 2. The summed E-state index contributed by atoms with van der Waals surface area (Å²) in [5, 5.41) is 17.3. The van der Waals surface area contributed by atoms with E-state index in [1.54, 1.807) is 24.4 Å². The molecule has 3 N–H and O–H groups in total. The lowest BCUT2D eigenvalue weighted by Crippen LogP contribution is -2.39. The van der Waals surface area contributed by atoms with Crippen LogP contribution in [0.2, 0.25) is 0 Å². The number of morpholine rings is 1. The minimum absolute atomic E-state index is 0.0743. The molecular weight excluding hydrogens is 328 g/mol. The topological polar surface area (TPSA) is 78.4 Å². The summed E-state index contributed by atoms with van der Waals surface area (Å²) in [6, 6.07) is 5.05. The molecule has 7 nitrogen and oxygen atoms in total. The Morgan fingerprint density at radius 3 is 2.96 bits per heavy atom. The largest absolute Gasteiger partial charge is 0.504 e. The highest BCUT2D eigenvalue weighted by Crippen LogP contribution is 2.25. The van der Waals surface area contributed by atoms with Crippen LogP contribution < -0.4 is 15.5 Å². The first kappa shape index (κ1) is 18.4. The van der Waals surface area contributed by atoms with Gasteiger partial charge in [0.25, 0.3) is 0 Å². The molecule has 0 unspecified atom stereocenters. The maximum Gasteiger partial charge on any atom is 0.186 e. The normalized spacial score (nSPS) is 15.4. The summed E-state index contributed by atoms with van der Waals surface area (Å²) in [6.45, 7) is 5.48. The number of phenolic OH excluding ortho intramolecular Hbond substituents is 1. The molecule has 1 saturated heterocycles. The molecule has 1 aromatic carbocycles. The van der Waals surface area contributed by atoms with Crippen molar-refractivity contribution in [2.45, 2.75) is 6.42 Å². The Kier molecular flexibility index (Phi) is 7.73. The fourth-order valence-corrected chi connectivity index (χ4v) is 2.48. The van der Waals surface area contributed by atoms with Crippen LogP contribution in [-0.4, -0.2) is 67.8 Å². The molecule has 0 aromatic heterocycles. The summed E-state index contributed by atoms with van der Waals surface area (Å²) in [5.74, 6) is 0.503. The van der Waals surface area contributed by atoms with Crippen molar-refractivity contribution < 1.29 is 14.6 Å². The molecule has 0 bridgehead atoms. The van der Waals surface area contributed by atoms with Crippen LogP contribution in [0.5, 0.6) is 11.5 Å². The predicted molar refractivity (Wildman–Crippen MR) is 97.9 cm³/mol. The van der Waals surface area contributed by atoms with Crippen LogP contribution in [0.25, 0.3) is 0 Å². The van der Waals surface area contributed by atoms with Crippen LogP contribution in [0.3, 0.4) is 0 Å². The van der Waals surface area contributed by atoms with Gasteiger partial charge in [0.15, 0.2) is 16.6 Å². The molecular formula is C16H24N4O3S. The third-order valence-corrected chi connectivity index (χ3v) is 3.86. The smallest absolute Gasteiger partial charge is 0.186 e. The van der Waals surface area contributed by atoms with E-state index in [0.29, 0.717) is 10.9 Å². The van der Waals surface area contributed by atoms with Crippen molar-refractivity contribution in [2.75, 3.05) is 46.5 Å². The maximum atomic E-state index is 9.69. The molecule has 1 aliphatic heterocycles. The average molecular weight is 352 g/mol. The van der Waals surface area contributed by atoms with E-state index < -0.39 is 0 Å². The van der Waals surface area contributed by atoms with Crippen LogP contribution in [0.4, 0.5) is 0 Å². The zero-order valence-electron chi connectivity index (χ0n) is 13.8. The van der Waals surface area contributed by atoms with Crippen molar-refractivity contribution in [1.29, 1.82) is 0 Å². The van der Waals surface area contributed by atoms with Crippen LogP contribution in [-0.2, 0) is 4.74 Å². The molecule has 1 aromatic rings. The van der Waals surface area contributed by atoms with Gasteiger partial charge in [0.1, 0.15) is 0 Å². The number of hydrazone groups is 1. The summed E-state index contributed by atoms with van der Waals surface area (Å²) < 4.78 is 10.3. The van der Waals surface area contributed by atoms with Gasteiger partial charge in [-0.05, 0) is 48.9 Å². The standard InChI is InChI=1S/C16H24N4O3S/c1-22-15-4-3-13(11-14(15)21)12-18-19-16(24)17-5-2-6-20-7-9-23-10-8-20/h3-4,11-12,21H,2,5-10H2,1H3,(H2,17,19,24)/b18-12-. The van der Waals surface area contributed by atoms with Gasteiger partial charge >= 0.3 is 0 Å². The maximum absolute atomic E-state index is 9.69. The Bertz CT molecular complexity index is 562. The van der Waals surface area contributed by atoms with Crippen molar-refractivity contribution in [3.05, 3.63) is 23.8 Å². The Morgan fingerprint density at radius 2 is 2.25 bits per heavy atom. The van der Waals surface area contributed by atoms with Gasteiger partial charge in [-0.1, -0.05) is 0 Å². The summed E-state index contributed by atoms with van der Waals surface area (Å²) >= 11 is 5.17. The first-order valence-corrected chi connectivity index (χ1v) is 8.34. The van der Waals surface area contributed by atoms with Crippen molar-refractivity contribution in [3.8, 4) is 11.5 Å². The van der Waals surface area contributed by atoms with E-state index in [2.05, 4.69) is 20.7 Å². The number of aromatic hydroxyl groups is 1. The number of methoxy groups -OCH3 is 1. The van der Waals surface area contributed by atoms with Crippen LogP contribution >= 0.6 is 12.2 Å². The monoisotopic (exact) mass is 352 g/mol. The second-order valence-electron chi connectivity index (χ2n) is 5.36. The zero-order chi connectivity index (χ0) is 17.2. The molecule has 8 heteroatoms. The Balaban J connectivity index is 1.62. The third-order valence-electron chi connectivity index (χ3n) is 3.62. The van der Waals surface area contributed by atoms with Gasteiger partial charge < -0.3 is 19.9 Å². The van der Waals surface area contributed by atoms with E-state index in [-0.39, 0.29) is 5.75 Å². The second kappa shape index (κ2) is 10.1. The van der Waals surface area contributed by atoms with E-state index in [1.165, 1.54) is 7.11 Å². The number of hydrogen-bond acceptors (Lipinski definition) is 6. The molecule has 0 atom stereocenters. The average Bonchev–Trinajstić information content (AvgIpc) is 2.60. The summed E-state index contributed by atoms with van der Waals surface area (Å²) in [6.07, 6.45) is 2.60. The number of benzene rings is 1. The molecule has 0 radical (unpaired) electrons. The van der Waals surface area contributed by atoms with Crippen molar-refractivity contribution in [3.63, 3.8) is 0 Å². The first-order chi connectivity index (χ1) is 11.7. The Hall–Kier alpha value is -1.90. The lowest BCUT2D eigenvalue weighted by molar-refractivity contribution is 0.0376. The zero-order valence-corrected chi connectivity index (χ0v) is 14.6.